The third-order valence-electron chi connectivity index (χ3n) is 5.93. The Balaban J connectivity index is 1.87. The predicted molar refractivity (Wildman–Crippen MR) is 132 cm³/mol. The molecule has 0 radical (unpaired) electrons. The Hall–Kier alpha value is -3.05. The fourth-order valence-electron chi connectivity index (χ4n) is 3.12. The maximum atomic E-state index is 12.6. The second kappa shape index (κ2) is 9.21. The van der Waals surface area contributed by atoms with Gasteiger partial charge in [-0.1, -0.05) is 57.2 Å². The number of phenolic OH excluding ortho intramolecular Hbond substituents is 1. The van der Waals surface area contributed by atoms with Crippen LogP contribution < -0.4 is 4.43 Å². The molecule has 0 fully saturated rings. The topological polar surface area (TPSA) is 55.8 Å². The summed E-state index contributed by atoms with van der Waals surface area (Å²) in [6.07, 6.45) is 0. The van der Waals surface area contributed by atoms with E-state index >= 15 is 0 Å². The van der Waals surface area contributed by atoms with Crippen LogP contribution in [-0.4, -0.2) is 19.4 Å². The number of hydrogen-bond acceptors (Lipinski definition) is 4. The summed E-state index contributed by atoms with van der Waals surface area (Å²) in [5.41, 5.74) is 3.89. The van der Waals surface area contributed by atoms with E-state index in [1.54, 1.807) is 12.1 Å². The molecule has 0 aliphatic carbocycles. The number of esters is 1. The Kier molecular flexibility index (Phi) is 6.79. The second-order valence-corrected chi connectivity index (χ2v) is 14.5. The molecule has 168 valence electrons. The molecule has 4 nitrogen and oxygen atoms in total. The standard InChI is InChI=1S/C27H32O4Si/c1-19-12-21(17-25(13-19)31-32(5,6)27(2,3)4)22-14-23(16-24(28)15-22)26(29)30-18-20-10-8-7-9-11-20/h7-17,28H,18H2,1-6H3. The lowest BCUT2D eigenvalue weighted by molar-refractivity contribution is 0.0472. The molecule has 0 heterocycles. The summed E-state index contributed by atoms with van der Waals surface area (Å²) >= 11 is 0. The van der Waals surface area contributed by atoms with Gasteiger partial charge >= 0.3 is 5.97 Å². The molecule has 0 spiro atoms. The van der Waals surface area contributed by atoms with Crippen LogP contribution in [0.2, 0.25) is 18.1 Å². The quantitative estimate of drug-likeness (QED) is 0.322. The molecule has 3 aromatic carbocycles. The van der Waals surface area contributed by atoms with Gasteiger partial charge in [0.2, 0.25) is 8.32 Å². The Morgan fingerprint density at radius 2 is 1.59 bits per heavy atom. The highest BCUT2D eigenvalue weighted by Crippen LogP contribution is 2.38. The van der Waals surface area contributed by atoms with Crippen LogP contribution in [0.4, 0.5) is 0 Å². The normalized spacial score (nSPS) is 11.8. The molecule has 0 aliphatic heterocycles. The summed E-state index contributed by atoms with van der Waals surface area (Å²) < 4.78 is 11.9. The lowest BCUT2D eigenvalue weighted by Gasteiger charge is -2.36. The molecular weight excluding hydrogens is 416 g/mol. The highest BCUT2D eigenvalue weighted by molar-refractivity contribution is 6.74. The van der Waals surface area contributed by atoms with Crippen LogP contribution in [-0.2, 0) is 11.3 Å². The number of aryl methyl sites for hydroxylation is 1. The van der Waals surface area contributed by atoms with Crippen LogP contribution in [0.3, 0.4) is 0 Å². The first-order chi connectivity index (χ1) is 14.9. The lowest BCUT2D eigenvalue weighted by atomic mass is 10.0. The maximum absolute atomic E-state index is 12.6. The van der Waals surface area contributed by atoms with Gasteiger partial charge in [-0.2, -0.15) is 0 Å². The van der Waals surface area contributed by atoms with Gasteiger partial charge < -0.3 is 14.3 Å². The zero-order valence-electron chi connectivity index (χ0n) is 19.7. The van der Waals surface area contributed by atoms with Crippen LogP contribution in [0.1, 0.15) is 42.3 Å². The predicted octanol–water partition coefficient (Wildman–Crippen LogP) is 7.11. The summed E-state index contributed by atoms with van der Waals surface area (Å²) in [5, 5.41) is 10.4. The van der Waals surface area contributed by atoms with Crippen LogP contribution in [0.25, 0.3) is 11.1 Å². The largest absolute Gasteiger partial charge is 0.543 e. The van der Waals surface area contributed by atoms with Crippen molar-refractivity contribution in [1.82, 2.24) is 0 Å². The minimum absolute atomic E-state index is 0.0162. The molecule has 32 heavy (non-hydrogen) atoms. The Labute approximate surface area is 192 Å². The molecule has 1 N–H and O–H groups in total. The number of hydrogen-bond donors (Lipinski definition) is 1. The van der Waals surface area contributed by atoms with Crippen molar-refractivity contribution in [2.45, 2.75) is 52.4 Å². The number of carbonyl (C=O) groups excluding carboxylic acids is 1. The van der Waals surface area contributed by atoms with Crippen molar-refractivity contribution in [3.8, 4) is 22.6 Å². The monoisotopic (exact) mass is 448 g/mol. The van der Waals surface area contributed by atoms with Crippen molar-refractivity contribution < 1.29 is 19.1 Å². The fraction of sp³-hybridized carbons (Fsp3) is 0.296. The average molecular weight is 449 g/mol. The minimum atomic E-state index is -2.00. The zero-order valence-corrected chi connectivity index (χ0v) is 20.7. The van der Waals surface area contributed by atoms with Gasteiger partial charge in [0, 0.05) is 0 Å². The van der Waals surface area contributed by atoms with Gasteiger partial charge in [0.05, 0.1) is 5.56 Å². The van der Waals surface area contributed by atoms with E-state index in [-0.39, 0.29) is 17.4 Å². The molecule has 0 aromatic heterocycles. The number of carbonyl (C=O) groups is 1. The van der Waals surface area contributed by atoms with Crippen LogP contribution in [0.5, 0.6) is 11.5 Å². The molecule has 0 amide bonds. The van der Waals surface area contributed by atoms with E-state index < -0.39 is 14.3 Å². The summed E-state index contributed by atoms with van der Waals surface area (Å²) in [4.78, 5) is 12.6. The van der Waals surface area contributed by atoms with Crippen LogP contribution in [0, 0.1) is 6.92 Å². The smallest absolute Gasteiger partial charge is 0.338 e. The minimum Gasteiger partial charge on any atom is -0.543 e. The first kappa shape index (κ1) is 23.6. The maximum Gasteiger partial charge on any atom is 0.338 e. The van der Waals surface area contributed by atoms with E-state index in [9.17, 15) is 9.90 Å². The average Bonchev–Trinajstić information content (AvgIpc) is 2.70. The van der Waals surface area contributed by atoms with Gasteiger partial charge in [-0.15, -0.1) is 0 Å². The van der Waals surface area contributed by atoms with Gasteiger partial charge in [0.25, 0.3) is 0 Å². The molecular formula is C27H32O4Si. The molecule has 0 atom stereocenters. The SMILES string of the molecule is Cc1cc(O[Si](C)(C)C(C)(C)C)cc(-c2cc(O)cc(C(=O)OCc3ccccc3)c2)c1. The summed E-state index contributed by atoms with van der Waals surface area (Å²) in [6.45, 7) is 13.2. The molecule has 0 unspecified atom stereocenters. The molecule has 0 bridgehead atoms. The Morgan fingerprint density at radius 3 is 2.25 bits per heavy atom. The molecule has 0 saturated heterocycles. The number of phenols is 1. The van der Waals surface area contributed by atoms with Gasteiger partial charge in [-0.05, 0) is 77.6 Å². The van der Waals surface area contributed by atoms with Gasteiger partial charge in [-0.3, -0.25) is 0 Å². The van der Waals surface area contributed by atoms with E-state index in [1.807, 2.05) is 55.5 Å². The van der Waals surface area contributed by atoms with E-state index in [0.29, 0.717) is 5.56 Å². The number of benzene rings is 3. The highest BCUT2D eigenvalue weighted by Gasteiger charge is 2.39. The number of aromatic hydroxyl groups is 1. The third-order valence-corrected chi connectivity index (χ3v) is 10.3. The number of ether oxygens (including phenoxy) is 1. The molecule has 0 aliphatic rings. The highest BCUT2D eigenvalue weighted by atomic mass is 28.4. The van der Waals surface area contributed by atoms with Gasteiger partial charge in [0.15, 0.2) is 0 Å². The van der Waals surface area contributed by atoms with Crippen molar-refractivity contribution in [3.05, 3.63) is 83.4 Å². The van der Waals surface area contributed by atoms with Crippen molar-refractivity contribution >= 4 is 14.3 Å². The molecule has 3 aromatic rings. The first-order valence-corrected chi connectivity index (χ1v) is 13.7. The number of rotatable bonds is 6. The molecule has 5 heteroatoms. The first-order valence-electron chi connectivity index (χ1n) is 10.8. The van der Waals surface area contributed by atoms with E-state index in [1.165, 1.54) is 6.07 Å². The van der Waals surface area contributed by atoms with Crippen LogP contribution in [0.15, 0.2) is 66.7 Å². The summed E-state index contributed by atoms with van der Waals surface area (Å²) in [5.74, 6) is 0.349. The summed E-state index contributed by atoms with van der Waals surface area (Å²) in [7, 11) is -2.00. The fourth-order valence-corrected chi connectivity index (χ4v) is 4.14. The van der Waals surface area contributed by atoms with Crippen molar-refractivity contribution in [3.63, 3.8) is 0 Å². The lowest BCUT2D eigenvalue weighted by Crippen LogP contribution is -2.43. The van der Waals surface area contributed by atoms with Crippen molar-refractivity contribution in [1.29, 1.82) is 0 Å². The zero-order chi connectivity index (χ0) is 23.5. The van der Waals surface area contributed by atoms with E-state index in [2.05, 4.69) is 33.9 Å². The van der Waals surface area contributed by atoms with Crippen molar-refractivity contribution in [2.24, 2.45) is 0 Å². The van der Waals surface area contributed by atoms with E-state index in [0.717, 1.165) is 28.0 Å². The van der Waals surface area contributed by atoms with Crippen molar-refractivity contribution in [2.75, 3.05) is 0 Å². The van der Waals surface area contributed by atoms with Gasteiger partial charge in [0.1, 0.15) is 18.1 Å². The van der Waals surface area contributed by atoms with E-state index in [4.69, 9.17) is 9.16 Å². The molecule has 0 saturated carbocycles. The second-order valence-electron chi connectivity index (χ2n) is 9.73. The third kappa shape index (κ3) is 5.80. The summed E-state index contributed by atoms with van der Waals surface area (Å²) in [6, 6.07) is 20.4. The Bertz CT molecular complexity index is 1100. The van der Waals surface area contributed by atoms with Gasteiger partial charge in [-0.25, -0.2) is 4.79 Å². The molecule has 3 rings (SSSR count). The van der Waals surface area contributed by atoms with Crippen LogP contribution >= 0.6 is 0 Å². The Morgan fingerprint density at radius 1 is 0.938 bits per heavy atom.